The summed E-state index contributed by atoms with van der Waals surface area (Å²) in [5, 5.41) is 8.79. The number of carboxylic acids is 1. The Morgan fingerprint density at radius 1 is 1.07 bits per heavy atom. The number of nitrogens with two attached hydrogens (primary N) is 1. The summed E-state index contributed by atoms with van der Waals surface area (Å²) in [6, 6.07) is 13.4. The van der Waals surface area contributed by atoms with E-state index in [0.717, 1.165) is 34.5 Å². The van der Waals surface area contributed by atoms with Gasteiger partial charge in [-0.05, 0) is 54.3 Å². The third-order valence-electron chi connectivity index (χ3n) is 5.22. The molecule has 29 heavy (non-hydrogen) atoms. The van der Waals surface area contributed by atoms with Crippen LogP contribution in [0.5, 0.6) is 0 Å². The van der Waals surface area contributed by atoms with Gasteiger partial charge in [-0.25, -0.2) is 4.79 Å². The number of amidine groups is 1. The van der Waals surface area contributed by atoms with Crippen LogP contribution in [0.3, 0.4) is 0 Å². The number of halogens is 1. The first kappa shape index (κ1) is 20.7. The van der Waals surface area contributed by atoms with Gasteiger partial charge in [-0.3, -0.25) is 19.6 Å². The number of rotatable bonds is 5. The zero-order chi connectivity index (χ0) is 19.7. The first-order valence-corrected chi connectivity index (χ1v) is 9.36. The van der Waals surface area contributed by atoms with E-state index >= 15 is 0 Å². The average Bonchev–Trinajstić information content (AvgIpc) is 3.08. The molecule has 7 nitrogen and oxygen atoms in total. The first-order chi connectivity index (χ1) is 13.5. The van der Waals surface area contributed by atoms with Crippen LogP contribution in [0.25, 0.3) is 0 Å². The second kappa shape index (κ2) is 8.53. The van der Waals surface area contributed by atoms with Gasteiger partial charge < -0.3 is 10.8 Å². The number of carbonyl (C=O) groups is 2. The van der Waals surface area contributed by atoms with Crippen molar-refractivity contribution in [2.75, 3.05) is 29.4 Å². The van der Waals surface area contributed by atoms with Crippen LogP contribution in [-0.4, -0.2) is 42.6 Å². The van der Waals surface area contributed by atoms with Crippen LogP contribution >= 0.6 is 12.4 Å². The Kier molecular flexibility index (Phi) is 6.08. The summed E-state index contributed by atoms with van der Waals surface area (Å²) in [5.41, 5.74) is 10.7. The van der Waals surface area contributed by atoms with Gasteiger partial charge >= 0.3 is 12.0 Å². The van der Waals surface area contributed by atoms with Gasteiger partial charge in [0.2, 0.25) is 0 Å². The van der Waals surface area contributed by atoms with E-state index in [1.807, 2.05) is 42.5 Å². The van der Waals surface area contributed by atoms with Gasteiger partial charge in [0.25, 0.3) is 0 Å². The Morgan fingerprint density at radius 3 is 2.41 bits per heavy atom. The molecule has 0 aliphatic carbocycles. The lowest BCUT2D eigenvalue weighted by Gasteiger charge is -2.21. The van der Waals surface area contributed by atoms with Gasteiger partial charge in [-0.1, -0.05) is 12.1 Å². The lowest BCUT2D eigenvalue weighted by molar-refractivity contribution is -0.136. The fourth-order valence-electron chi connectivity index (χ4n) is 3.70. The Balaban J connectivity index is 0.00000240. The van der Waals surface area contributed by atoms with Gasteiger partial charge in [0.15, 0.2) is 0 Å². The largest absolute Gasteiger partial charge is 0.481 e. The highest BCUT2D eigenvalue weighted by molar-refractivity contribution is 6.07. The van der Waals surface area contributed by atoms with Crippen LogP contribution in [0.4, 0.5) is 16.2 Å². The number of aliphatic imine (C=N–C) groups is 1. The van der Waals surface area contributed by atoms with E-state index in [0.29, 0.717) is 31.9 Å². The smallest absolute Gasteiger partial charge is 0.329 e. The van der Waals surface area contributed by atoms with Crippen molar-refractivity contribution in [3.8, 4) is 0 Å². The number of aryl methyl sites for hydroxylation is 1. The molecule has 1 fully saturated rings. The SMILES string of the molecule is Cl.NC1=NCCc2cc(N3CCN(c4ccc(CCC(=O)O)cc4)C3=O)ccc21. The van der Waals surface area contributed by atoms with Crippen molar-refractivity contribution in [1.29, 1.82) is 0 Å². The molecule has 4 rings (SSSR count). The monoisotopic (exact) mass is 414 g/mol. The lowest BCUT2D eigenvalue weighted by atomic mass is 10.00. The highest BCUT2D eigenvalue weighted by Gasteiger charge is 2.31. The molecule has 2 amide bonds. The Hall–Kier alpha value is -3.06. The van der Waals surface area contributed by atoms with Crippen LogP contribution in [0, 0.1) is 0 Å². The van der Waals surface area contributed by atoms with E-state index in [1.165, 1.54) is 0 Å². The van der Waals surface area contributed by atoms with E-state index in [-0.39, 0.29) is 24.9 Å². The summed E-state index contributed by atoms with van der Waals surface area (Å²) in [5.74, 6) is -0.252. The summed E-state index contributed by atoms with van der Waals surface area (Å²) in [6.07, 6.45) is 1.41. The van der Waals surface area contributed by atoms with E-state index < -0.39 is 5.97 Å². The Labute approximate surface area is 175 Å². The summed E-state index contributed by atoms with van der Waals surface area (Å²) < 4.78 is 0. The summed E-state index contributed by atoms with van der Waals surface area (Å²) in [6.45, 7) is 1.90. The van der Waals surface area contributed by atoms with Crippen LogP contribution in [0.15, 0.2) is 47.5 Å². The topological polar surface area (TPSA) is 99.2 Å². The van der Waals surface area contributed by atoms with Crippen molar-refractivity contribution in [3.63, 3.8) is 0 Å². The van der Waals surface area contributed by atoms with Crippen LogP contribution in [0.2, 0.25) is 0 Å². The second-order valence-electron chi connectivity index (χ2n) is 7.00. The normalized spacial score (nSPS) is 15.6. The molecule has 2 aromatic carbocycles. The maximum absolute atomic E-state index is 13.0. The van der Waals surface area contributed by atoms with Gasteiger partial charge in [-0.2, -0.15) is 0 Å². The third kappa shape index (κ3) is 4.19. The fourth-order valence-corrected chi connectivity index (χ4v) is 3.70. The van der Waals surface area contributed by atoms with E-state index in [1.54, 1.807) is 9.80 Å². The van der Waals surface area contributed by atoms with Crippen molar-refractivity contribution in [3.05, 3.63) is 59.2 Å². The molecule has 0 spiro atoms. The molecule has 0 bridgehead atoms. The highest BCUT2D eigenvalue weighted by Crippen LogP contribution is 2.28. The molecule has 0 radical (unpaired) electrons. The number of fused-ring (bicyclic) bond motifs is 1. The van der Waals surface area contributed by atoms with Gasteiger partial charge in [0.1, 0.15) is 5.84 Å². The molecular weight excluding hydrogens is 392 g/mol. The van der Waals surface area contributed by atoms with Crippen molar-refractivity contribution < 1.29 is 14.7 Å². The number of urea groups is 1. The van der Waals surface area contributed by atoms with Crippen molar-refractivity contribution in [2.45, 2.75) is 19.3 Å². The number of hydrogen-bond acceptors (Lipinski definition) is 4. The number of carboxylic acid groups (broad SMARTS) is 1. The average molecular weight is 415 g/mol. The zero-order valence-electron chi connectivity index (χ0n) is 15.9. The lowest BCUT2D eigenvalue weighted by Crippen LogP contribution is -2.32. The van der Waals surface area contributed by atoms with E-state index in [4.69, 9.17) is 10.8 Å². The van der Waals surface area contributed by atoms with Gasteiger partial charge in [-0.15, -0.1) is 12.4 Å². The van der Waals surface area contributed by atoms with E-state index in [2.05, 4.69) is 4.99 Å². The van der Waals surface area contributed by atoms with Crippen molar-refractivity contribution in [1.82, 2.24) is 0 Å². The number of anilines is 2. The standard InChI is InChI=1S/C21H22N4O3.ClH/c22-20-18-7-6-17(13-15(18)9-10-23-20)25-12-11-24(21(25)28)16-4-1-14(2-5-16)3-8-19(26)27;/h1-2,4-7,13H,3,8-12H2,(H2,22,23)(H,26,27);1H. The number of aliphatic carboxylic acids is 1. The van der Waals surface area contributed by atoms with Gasteiger partial charge in [0.05, 0.1) is 0 Å². The number of amides is 2. The summed E-state index contributed by atoms with van der Waals surface area (Å²) >= 11 is 0. The molecule has 152 valence electrons. The van der Waals surface area contributed by atoms with Crippen LogP contribution in [0.1, 0.15) is 23.1 Å². The minimum Gasteiger partial charge on any atom is -0.481 e. The molecule has 0 atom stereocenters. The van der Waals surface area contributed by atoms with Crippen molar-refractivity contribution >= 4 is 41.6 Å². The predicted molar refractivity (Wildman–Crippen MR) is 115 cm³/mol. The number of benzene rings is 2. The molecular formula is C21H23ClN4O3. The number of hydrogen-bond donors (Lipinski definition) is 2. The molecule has 2 heterocycles. The van der Waals surface area contributed by atoms with E-state index in [9.17, 15) is 9.59 Å². The number of carbonyl (C=O) groups excluding carboxylic acids is 1. The molecule has 2 aromatic rings. The highest BCUT2D eigenvalue weighted by atomic mass is 35.5. The Morgan fingerprint density at radius 2 is 1.72 bits per heavy atom. The minimum atomic E-state index is -0.812. The molecule has 0 aromatic heterocycles. The van der Waals surface area contributed by atoms with Gasteiger partial charge in [0, 0.05) is 43.0 Å². The predicted octanol–water partition coefficient (Wildman–Crippen LogP) is 2.83. The fraction of sp³-hybridized carbons (Fsp3) is 0.286. The minimum absolute atomic E-state index is 0. The maximum Gasteiger partial charge on any atom is 0.329 e. The molecule has 2 aliphatic heterocycles. The molecule has 1 saturated heterocycles. The Bertz CT molecular complexity index is 959. The quantitative estimate of drug-likeness (QED) is 0.785. The maximum atomic E-state index is 13.0. The molecule has 0 unspecified atom stereocenters. The summed E-state index contributed by atoms with van der Waals surface area (Å²) in [4.78, 5) is 31.5. The molecule has 2 aliphatic rings. The first-order valence-electron chi connectivity index (χ1n) is 9.36. The second-order valence-corrected chi connectivity index (χ2v) is 7.00. The summed E-state index contributed by atoms with van der Waals surface area (Å²) in [7, 11) is 0. The third-order valence-corrected chi connectivity index (χ3v) is 5.22. The van der Waals surface area contributed by atoms with Crippen molar-refractivity contribution in [2.24, 2.45) is 10.7 Å². The van der Waals surface area contributed by atoms with Crippen LogP contribution < -0.4 is 15.5 Å². The molecule has 0 saturated carbocycles. The zero-order valence-corrected chi connectivity index (χ0v) is 16.7. The molecule has 8 heteroatoms. The number of nitrogens with zero attached hydrogens (tertiary/aromatic N) is 3. The van der Waals surface area contributed by atoms with Crippen LogP contribution in [-0.2, 0) is 17.6 Å². The molecule has 3 N–H and O–H groups in total.